The molecule has 0 bridgehead atoms. The van der Waals surface area contributed by atoms with Crippen LogP contribution in [0.1, 0.15) is 11.5 Å². The van der Waals surface area contributed by atoms with Crippen LogP contribution in [0.3, 0.4) is 0 Å². The van der Waals surface area contributed by atoms with Gasteiger partial charge < -0.3 is 67.1 Å². The van der Waals surface area contributed by atoms with Gasteiger partial charge in [-0.2, -0.15) is 11.3 Å². The molecule has 0 radical (unpaired) electrons. The van der Waals surface area contributed by atoms with E-state index in [4.69, 9.17) is 60.5 Å². The van der Waals surface area contributed by atoms with Gasteiger partial charge in [0.1, 0.15) is 68.7 Å². The number of fused-ring (bicyclic) bond motifs is 5. The fraction of sp³-hybridized carbons (Fsp3) is 0.115. The number of pyridine rings is 5. The molecule has 1 saturated heterocycles. The second-order valence-electron chi connectivity index (χ2n) is 28.8. The average Bonchev–Trinajstić information content (AvgIpc) is 1.66. The highest BCUT2D eigenvalue weighted by Crippen LogP contribution is 2.47. The van der Waals surface area contributed by atoms with Crippen molar-refractivity contribution < 1.29 is 68.0 Å². The lowest BCUT2D eigenvalue weighted by Crippen LogP contribution is -2.36. The van der Waals surface area contributed by atoms with Crippen LogP contribution in [-0.2, 0) is 4.74 Å². The number of benzene rings is 5. The number of methoxy groups -OCH3 is 5. The van der Waals surface area contributed by atoms with Crippen molar-refractivity contribution in [1.82, 2.24) is 49.8 Å². The molecule has 16 heterocycles. The largest absolute Gasteiger partial charge is 0.494 e. The van der Waals surface area contributed by atoms with Crippen molar-refractivity contribution in [3.8, 4) is 139 Å². The Morgan fingerprint density at radius 1 is 0.362 bits per heavy atom. The van der Waals surface area contributed by atoms with Crippen molar-refractivity contribution >= 4 is 118 Å². The smallest absolute Gasteiger partial charge is 0.168 e. The van der Waals surface area contributed by atoms with E-state index in [2.05, 4.69) is 72.3 Å². The summed E-state index contributed by atoms with van der Waals surface area (Å²) in [6.45, 7) is 6.55. The molecule has 5 N–H and O–H groups in total. The van der Waals surface area contributed by atoms with Gasteiger partial charge in [-0.15, -0.1) is 22.7 Å². The highest BCUT2D eigenvalue weighted by atomic mass is 35.5. The van der Waals surface area contributed by atoms with Crippen LogP contribution in [0.15, 0.2) is 239 Å². The Balaban J connectivity index is 0.000000112. The molecule has 0 atom stereocenters. The monoisotopic (exact) mass is 1810 g/mol. The normalized spacial score (nSPS) is 11.9. The molecule has 1 fully saturated rings. The summed E-state index contributed by atoms with van der Waals surface area (Å²) in [5.74, 6) is 0.0714. The van der Waals surface area contributed by atoms with Crippen molar-refractivity contribution in [3.63, 3.8) is 0 Å². The van der Waals surface area contributed by atoms with Crippen LogP contribution in [-0.4, -0.2) is 112 Å². The van der Waals surface area contributed by atoms with E-state index in [1.54, 1.807) is 80.0 Å². The number of para-hydroxylation sites is 2. The predicted octanol–water partition coefficient (Wildman–Crippen LogP) is 26.6. The SMILES string of the molecule is COc1c(F)cc(F)cc1-c1c[nH]c2ncc(-c3ccc(C)o3)cc12.COc1c(F)cc(F)cc1-c1c[nH]c2ncc(-c3ccc(Cl)s3)cc12.COc1c(F)cccc1-c1c[nH]c2ncc(-c3ccc(C)o3)cc12.COc1c(F)cccc1-c1c[nH]c2ncc(-c3ccc(Cl)s3)cc12.COc1c(N2CCOCC2)ccc(F)c1-c1c[nH]c2ncc(-c3ccsc3)cc12. The zero-order valence-electron chi connectivity index (χ0n) is 68.3. The minimum absolute atomic E-state index is 0.00753. The Hall–Kier alpha value is -13.9. The fourth-order valence-electron chi connectivity index (χ4n) is 15.2. The van der Waals surface area contributed by atoms with Crippen LogP contribution in [0.2, 0.25) is 8.67 Å². The summed E-state index contributed by atoms with van der Waals surface area (Å²) in [4.78, 5) is 41.8. The lowest BCUT2D eigenvalue weighted by atomic mass is 10.0. The van der Waals surface area contributed by atoms with E-state index in [1.807, 2.05) is 123 Å². The standard InChI is InChI=1S/C22H20FN3O2S.C19H14F2N2O2.C19H15FN2O2.C18H11ClF2N2OS.C18H12ClFN2OS/c1-27-21-19(26-5-7-28-8-6-26)3-2-18(23)20(21)17-12-25-22-16(17)10-15(11-24-22)14-4-9-29-13-14;1-10-3-4-17(25-10)11-5-14-15(9-23-19(14)22-8-11)13-6-12(20)7-16(21)18(13)24-2;1-11-6-7-17(24-11)12-8-14-15(10-22-19(14)21-9-12)13-4-3-5-16(20)18(13)23-2;1-24-17-11(5-10(20)6-14(17)21)13-8-23-18-12(13)4-9(7-22-18)15-2-3-16(19)25-15;1-23-17-11(3-2-4-14(17)20)13-9-22-18-12(13)7-10(8-21-18)15-5-6-16(19)24-15/h2-4,9-13H,5-8H2,1H3,(H,24,25);3-9H,1-2H3,(H,22,23);3-10H,1-2H3,(H,21,22);2-8H,1H3,(H,22,23);2-9H,1H3,(H,21,22). The van der Waals surface area contributed by atoms with E-state index < -0.39 is 34.9 Å². The third-order valence-corrected chi connectivity index (χ3v) is 24.4. The van der Waals surface area contributed by atoms with E-state index in [-0.39, 0.29) is 28.8 Å². The van der Waals surface area contributed by atoms with Gasteiger partial charge in [0.25, 0.3) is 0 Å². The fourth-order valence-corrected chi connectivity index (χ4v) is 17.9. The molecule has 1 aliphatic rings. The minimum atomic E-state index is -0.752. The molecule has 0 unspecified atom stereocenters. The number of thiophene rings is 3. The molecule has 0 spiro atoms. The third kappa shape index (κ3) is 17.6. The van der Waals surface area contributed by atoms with Gasteiger partial charge in [-0.05, 0) is 151 Å². The highest BCUT2D eigenvalue weighted by Gasteiger charge is 2.27. The van der Waals surface area contributed by atoms with Crippen LogP contribution < -0.4 is 28.6 Å². The number of hydrogen-bond donors (Lipinski definition) is 5. The van der Waals surface area contributed by atoms with Gasteiger partial charge >= 0.3 is 0 Å². The molecule has 0 saturated carbocycles. The maximum atomic E-state index is 15.1. The van der Waals surface area contributed by atoms with E-state index in [0.29, 0.717) is 79.3 Å². The Labute approximate surface area is 742 Å². The Morgan fingerprint density at radius 2 is 0.748 bits per heavy atom. The molecule has 0 aliphatic carbocycles. The summed E-state index contributed by atoms with van der Waals surface area (Å²) < 4.78 is 143. The quantitative estimate of drug-likeness (QED) is 0.0567. The number of H-pyrrole nitrogens is 5. The Kier molecular flexibility index (Phi) is 24.9. The second-order valence-corrected chi connectivity index (χ2v) is 33.0. The molecule has 127 heavy (non-hydrogen) atoms. The van der Waals surface area contributed by atoms with Crippen LogP contribution >= 0.6 is 57.2 Å². The summed E-state index contributed by atoms with van der Waals surface area (Å²) in [5.41, 5.74) is 16.0. The Morgan fingerprint density at radius 3 is 1.14 bits per heavy atom. The van der Waals surface area contributed by atoms with Crippen LogP contribution in [0.5, 0.6) is 28.7 Å². The second kappa shape index (κ2) is 37.1. The van der Waals surface area contributed by atoms with Crippen molar-refractivity contribution in [3.05, 3.63) is 291 Å². The lowest BCUT2D eigenvalue weighted by Gasteiger charge is -2.30. The van der Waals surface area contributed by atoms with Crippen LogP contribution in [0.25, 0.3) is 165 Å². The van der Waals surface area contributed by atoms with Crippen molar-refractivity contribution in [1.29, 1.82) is 0 Å². The van der Waals surface area contributed by atoms with Crippen molar-refractivity contribution in [2.24, 2.45) is 0 Å². The van der Waals surface area contributed by atoms with Gasteiger partial charge in [0, 0.05) is 202 Å². The topological polar surface area (TPSA) is 228 Å². The zero-order chi connectivity index (χ0) is 88.3. The highest BCUT2D eigenvalue weighted by molar-refractivity contribution is 7.19. The zero-order valence-corrected chi connectivity index (χ0v) is 72.3. The maximum absolute atomic E-state index is 15.1. The predicted molar refractivity (Wildman–Crippen MR) is 488 cm³/mol. The summed E-state index contributed by atoms with van der Waals surface area (Å²) >= 11 is 16.6. The van der Waals surface area contributed by atoms with E-state index >= 15 is 4.39 Å². The molecule has 19 nitrogen and oxygen atoms in total. The number of anilines is 1. The van der Waals surface area contributed by atoms with Crippen LogP contribution in [0, 0.1) is 54.6 Å². The van der Waals surface area contributed by atoms with Gasteiger partial charge in [-0.3, -0.25) is 0 Å². The van der Waals surface area contributed by atoms with Gasteiger partial charge in [0.05, 0.1) is 68.7 Å². The van der Waals surface area contributed by atoms with Crippen molar-refractivity contribution in [2.75, 3.05) is 66.8 Å². The number of nitrogens with one attached hydrogen (secondary N) is 5. The number of furan rings is 2. The molecule has 21 rings (SSSR count). The molecule has 640 valence electrons. The number of nitrogens with zero attached hydrogens (tertiary/aromatic N) is 6. The lowest BCUT2D eigenvalue weighted by molar-refractivity contribution is 0.122. The number of ether oxygens (including phenoxy) is 6. The summed E-state index contributed by atoms with van der Waals surface area (Å²) in [5, 5.41) is 8.22. The van der Waals surface area contributed by atoms with E-state index in [0.717, 1.165) is 156 Å². The number of aryl methyl sites for hydroxylation is 2. The molecule has 15 aromatic heterocycles. The number of halogens is 9. The number of aromatic amines is 5. The summed E-state index contributed by atoms with van der Waals surface area (Å²) in [7, 11) is 7.22. The molecule has 20 aromatic rings. The average molecular weight is 1810 g/mol. The van der Waals surface area contributed by atoms with Gasteiger partial charge in [0.2, 0.25) is 0 Å². The molecule has 0 amide bonds. The molecule has 1 aliphatic heterocycles. The first-order chi connectivity index (χ1) is 61.7. The van der Waals surface area contributed by atoms with Gasteiger partial charge in [-0.25, -0.2) is 55.7 Å². The minimum Gasteiger partial charge on any atom is -0.494 e. The number of aromatic nitrogens is 10. The van der Waals surface area contributed by atoms with Crippen molar-refractivity contribution in [2.45, 2.75) is 13.8 Å². The number of hydrogen-bond acceptors (Lipinski definition) is 17. The van der Waals surface area contributed by atoms with Gasteiger partial charge in [-0.1, -0.05) is 47.5 Å². The maximum Gasteiger partial charge on any atom is 0.168 e. The first kappa shape index (κ1) is 85.2. The number of rotatable bonds is 16. The van der Waals surface area contributed by atoms with Gasteiger partial charge in [0.15, 0.2) is 52.0 Å². The number of morpholine rings is 1. The van der Waals surface area contributed by atoms with Crippen LogP contribution in [0.4, 0.5) is 36.4 Å². The first-order valence-corrected chi connectivity index (χ1v) is 42.5. The molecule has 5 aromatic carbocycles. The molecule has 31 heteroatoms. The van der Waals surface area contributed by atoms with E-state index in [1.165, 1.54) is 81.4 Å². The summed E-state index contributed by atoms with van der Waals surface area (Å²) in [6, 6.07) is 44.1. The van der Waals surface area contributed by atoms with E-state index in [9.17, 15) is 26.3 Å². The third-order valence-electron chi connectivity index (χ3n) is 21.1. The summed E-state index contributed by atoms with van der Waals surface area (Å²) in [6.07, 6.45) is 17.6. The Bertz CT molecular complexity index is 7070. The molecular weight excluding hydrogens is 1740 g/mol. The molecular formula is C96H72Cl2F7N11O8S3. The first-order valence-electron chi connectivity index (χ1n) is 39.2.